The Hall–Kier alpha value is -0.930. The molecule has 0 unspecified atom stereocenters. The maximum absolute atomic E-state index is 9.82. The van der Waals surface area contributed by atoms with E-state index in [1.54, 1.807) is 6.07 Å². The van der Waals surface area contributed by atoms with Crippen LogP contribution in [0.4, 0.5) is 0 Å². The Bertz CT molecular complexity index is 383. The van der Waals surface area contributed by atoms with Crippen LogP contribution in [0.25, 0.3) is 0 Å². The van der Waals surface area contributed by atoms with E-state index in [0.29, 0.717) is 17.1 Å². The second kappa shape index (κ2) is 3.58. The van der Waals surface area contributed by atoms with E-state index in [1.165, 1.54) is 6.07 Å². The number of phenolic OH excluding ortho intramolecular Hbond substituents is 2. The van der Waals surface area contributed by atoms with Gasteiger partial charge in [0.15, 0.2) is 11.5 Å². The summed E-state index contributed by atoms with van der Waals surface area (Å²) in [6.07, 6.45) is 2.92. The molecule has 0 bridgehead atoms. The molecule has 0 amide bonds. The first-order valence-electron chi connectivity index (χ1n) is 5.02. The zero-order valence-electron chi connectivity index (χ0n) is 8.33. The lowest BCUT2D eigenvalue weighted by atomic mass is 9.64. The highest BCUT2D eigenvalue weighted by Gasteiger charge is 2.41. The summed E-state index contributed by atoms with van der Waals surface area (Å²) in [5.41, 5.74) is 6.11. The smallest absolute Gasteiger partial charge is 0.162 e. The van der Waals surface area contributed by atoms with E-state index in [9.17, 15) is 10.2 Å². The highest BCUT2D eigenvalue weighted by atomic mass is 35.5. The van der Waals surface area contributed by atoms with Gasteiger partial charge in [0.2, 0.25) is 0 Å². The van der Waals surface area contributed by atoms with Crippen molar-refractivity contribution in [3.8, 4) is 11.5 Å². The largest absolute Gasteiger partial charge is 0.504 e. The molecule has 3 nitrogen and oxygen atoms in total. The minimum Gasteiger partial charge on any atom is -0.504 e. The van der Waals surface area contributed by atoms with Crippen LogP contribution in [0.1, 0.15) is 24.8 Å². The monoisotopic (exact) mass is 227 g/mol. The number of halogens is 1. The first kappa shape index (κ1) is 10.6. The minimum atomic E-state index is -0.236. The summed E-state index contributed by atoms with van der Waals surface area (Å²) in [5.74, 6) is -0.248. The fourth-order valence-electron chi connectivity index (χ4n) is 2.22. The van der Waals surface area contributed by atoms with Gasteiger partial charge < -0.3 is 15.9 Å². The SMILES string of the molecule is NCC1(c2c(Cl)ccc(O)c2O)CCC1. The number of hydrogen-bond acceptors (Lipinski definition) is 3. The number of benzene rings is 1. The molecule has 4 N–H and O–H groups in total. The van der Waals surface area contributed by atoms with Crippen molar-refractivity contribution in [2.24, 2.45) is 5.73 Å². The van der Waals surface area contributed by atoms with E-state index >= 15 is 0 Å². The molecular formula is C11H14ClNO2. The van der Waals surface area contributed by atoms with Crippen molar-refractivity contribution in [3.63, 3.8) is 0 Å². The van der Waals surface area contributed by atoms with E-state index in [2.05, 4.69) is 0 Å². The molecule has 1 fully saturated rings. The van der Waals surface area contributed by atoms with Gasteiger partial charge in [-0.1, -0.05) is 18.0 Å². The molecule has 0 atom stereocenters. The Balaban J connectivity index is 2.55. The molecule has 2 rings (SSSR count). The highest BCUT2D eigenvalue weighted by Crippen LogP contribution is 2.51. The van der Waals surface area contributed by atoms with Gasteiger partial charge in [0, 0.05) is 22.5 Å². The first-order chi connectivity index (χ1) is 7.10. The van der Waals surface area contributed by atoms with Crippen LogP contribution < -0.4 is 5.73 Å². The standard InChI is InChI=1S/C11H14ClNO2/c12-7-2-3-8(14)10(15)9(7)11(6-13)4-1-5-11/h2-3,14-15H,1,4-6,13H2. The van der Waals surface area contributed by atoms with Crippen LogP contribution in [0.15, 0.2) is 12.1 Å². The zero-order chi connectivity index (χ0) is 11.1. The fourth-order valence-corrected chi connectivity index (χ4v) is 2.57. The Morgan fingerprint density at radius 1 is 1.33 bits per heavy atom. The predicted octanol–water partition coefficient (Wildman–Crippen LogP) is 2.13. The van der Waals surface area contributed by atoms with Crippen LogP contribution in [0.5, 0.6) is 11.5 Å². The van der Waals surface area contributed by atoms with E-state index in [-0.39, 0.29) is 16.9 Å². The van der Waals surface area contributed by atoms with Crippen LogP contribution in [0.3, 0.4) is 0 Å². The van der Waals surface area contributed by atoms with Gasteiger partial charge in [0.25, 0.3) is 0 Å². The summed E-state index contributed by atoms with van der Waals surface area (Å²) in [7, 11) is 0. The summed E-state index contributed by atoms with van der Waals surface area (Å²) >= 11 is 6.05. The van der Waals surface area contributed by atoms with Crippen molar-refractivity contribution >= 4 is 11.6 Å². The lowest BCUT2D eigenvalue weighted by Gasteiger charge is -2.42. The van der Waals surface area contributed by atoms with Crippen molar-refractivity contribution in [2.75, 3.05) is 6.54 Å². The van der Waals surface area contributed by atoms with Gasteiger partial charge in [-0.25, -0.2) is 0 Å². The molecule has 0 radical (unpaired) electrons. The average Bonchev–Trinajstić information content (AvgIpc) is 2.16. The molecule has 0 aliphatic heterocycles. The quantitative estimate of drug-likeness (QED) is 0.678. The third-order valence-electron chi connectivity index (χ3n) is 3.34. The van der Waals surface area contributed by atoms with Crippen molar-refractivity contribution in [3.05, 3.63) is 22.7 Å². The van der Waals surface area contributed by atoms with Gasteiger partial charge in [0.05, 0.1) is 0 Å². The number of hydrogen-bond donors (Lipinski definition) is 3. The number of nitrogens with two attached hydrogens (primary N) is 1. The molecule has 82 valence electrons. The van der Waals surface area contributed by atoms with Gasteiger partial charge >= 0.3 is 0 Å². The molecule has 4 heteroatoms. The summed E-state index contributed by atoms with van der Waals surface area (Å²) in [6, 6.07) is 2.99. The summed E-state index contributed by atoms with van der Waals surface area (Å²) in [5, 5.41) is 19.8. The highest BCUT2D eigenvalue weighted by molar-refractivity contribution is 6.31. The topological polar surface area (TPSA) is 66.5 Å². The number of phenols is 2. The van der Waals surface area contributed by atoms with Gasteiger partial charge in [0.1, 0.15) is 0 Å². The number of aromatic hydroxyl groups is 2. The molecule has 1 aliphatic carbocycles. The Kier molecular flexibility index (Phi) is 2.52. The van der Waals surface area contributed by atoms with Gasteiger partial charge in [-0.3, -0.25) is 0 Å². The lowest BCUT2D eigenvalue weighted by Crippen LogP contribution is -2.41. The molecule has 1 aromatic rings. The van der Waals surface area contributed by atoms with Crippen LogP contribution >= 0.6 is 11.6 Å². The average molecular weight is 228 g/mol. The van der Waals surface area contributed by atoms with E-state index in [0.717, 1.165) is 19.3 Å². The summed E-state index contributed by atoms with van der Waals surface area (Å²) in [4.78, 5) is 0. The third-order valence-corrected chi connectivity index (χ3v) is 3.65. The van der Waals surface area contributed by atoms with Crippen LogP contribution in [-0.2, 0) is 5.41 Å². The van der Waals surface area contributed by atoms with Crippen molar-refractivity contribution in [1.82, 2.24) is 0 Å². The Labute approximate surface area is 93.5 Å². The molecule has 0 spiro atoms. The molecule has 0 heterocycles. The molecule has 0 saturated heterocycles. The predicted molar refractivity (Wildman–Crippen MR) is 59.4 cm³/mol. The maximum atomic E-state index is 9.82. The normalized spacial score (nSPS) is 18.5. The van der Waals surface area contributed by atoms with Crippen molar-refractivity contribution in [2.45, 2.75) is 24.7 Å². The molecule has 1 saturated carbocycles. The minimum absolute atomic E-state index is 0.118. The second-order valence-corrected chi connectivity index (χ2v) is 4.54. The second-order valence-electron chi connectivity index (χ2n) is 4.13. The van der Waals surface area contributed by atoms with Crippen LogP contribution in [0.2, 0.25) is 5.02 Å². The molecular weight excluding hydrogens is 214 g/mol. The molecule has 1 aromatic carbocycles. The summed E-state index contributed by atoms with van der Waals surface area (Å²) < 4.78 is 0. The van der Waals surface area contributed by atoms with Crippen LogP contribution in [0, 0.1) is 0 Å². The maximum Gasteiger partial charge on any atom is 0.162 e. The first-order valence-corrected chi connectivity index (χ1v) is 5.39. The van der Waals surface area contributed by atoms with Crippen LogP contribution in [-0.4, -0.2) is 16.8 Å². The molecule has 0 aromatic heterocycles. The van der Waals surface area contributed by atoms with E-state index in [1.807, 2.05) is 0 Å². The lowest BCUT2D eigenvalue weighted by molar-refractivity contribution is 0.243. The van der Waals surface area contributed by atoms with Crippen molar-refractivity contribution < 1.29 is 10.2 Å². The van der Waals surface area contributed by atoms with E-state index < -0.39 is 0 Å². The van der Waals surface area contributed by atoms with Gasteiger partial charge in [-0.05, 0) is 25.0 Å². The zero-order valence-corrected chi connectivity index (χ0v) is 9.09. The Morgan fingerprint density at radius 3 is 2.47 bits per heavy atom. The summed E-state index contributed by atoms with van der Waals surface area (Å²) in [6.45, 7) is 0.448. The van der Waals surface area contributed by atoms with Gasteiger partial charge in [-0.2, -0.15) is 0 Å². The molecule has 15 heavy (non-hydrogen) atoms. The van der Waals surface area contributed by atoms with E-state index in [4.69, 9.17) is 17.3 Å². The molecule has 1 aliphatic rings. The fraction of sp³-hybridized carbons (Fsp3) is 0.455. The third kappa shape index (κ3) is 1.46. The van der Waals surface area contributed by atoms with Gasteiger partial charge in [-0.15, -0.1) is 0 Å². The number of rotatable bonds is 2. The Morgan fingerprint density at radius 2 is 2.00 bits per heavy atom. The van der Waals surface area contributed by atoms with Crippen molar-refractivity contribution in [1.29, 1.82) is 0 Å².